The number of aromatic nitrogens is 3. The van der Waals surface area contributed by atoms with E-state index in [4.69, 9.17) is 0 Å². The number of thioether (sulfide) groups is 1. The molecule has 1 amide bonds. The Hall–Kier alpha value is -2.90. The third kappa shape index (κ3) is 5.20. The minimum atomic E-state index is -0.0548. The molecule has 4 aromatic rings. The lowest BCUT2D eigenvalue weighted by Gasteiger charge is -2.10. The lowest BCUT2D eigenvalue weighted by Crippen LogP contribution is -2.14. The van der Waals surface area contributed by atoms with Crippen molar-refractivity contribution in [2.45, 2.75) is 45.3 Å². The van der Waals surface area contributed by atoms with Gasteiger partial charge in [-0.1, -0.05) is 68.1 Å². The van der Waals surface area contributed by atoms with Crippen LogP contribution in [-0.4, -0.2) is 26.4 Å². The highest BCUT2D eigenvalue weighted by Gasteiger charge is 2.20. The molecule has 4 rings (SSSR count). The molecule has 0 unspecified atom stereocenters. The van der Waals surface area contributed by atoms with Crippen molar-refractivity contribution in [1.29, 1.82) is 0 Å². The molecule has 0 aliphatic carbocycles. The van der Waals surface area contributed by atoms with Gasteiger partial charge in [0.2, 0.25) is 5.91 Å². The van der Waals surface area contributed by atoms with Crippen LogP contribution in [0.3, 0.4) is 0 Å². The highest BCUT2D eigenvalue weighted by atomic mass is 32.2. The number of hydrogen-bond donors (Lipinski definition) is 1. The van der Waals surface area contributed by atoms with Gasteiger partial charge in [-0.05, 0) is 43.0 Å². The second kappa shape index (κ2) is 10.4. The predicted molar refractivity (Wildman–Crippen MR) is 139 cm³/mol. The van der Waals surface area contributed by atoms with Crippen molar-refractivity contribution < 1.29 is 4.79 Å². The fourth-order valence-corrected chi connectivity index (χ4v) is 5.41. The summed E-state index contributed by atoms with van der Waals surface area (Å²) >= 11 is 3.13. The first-order valence-electron chi connectivity index (χ1n) is 11.1. The van der Waals surface area contributed by atoms with E-state index in [1.807, 2.05) is 18.2 Å². The van der Waals surface area contributed by atoms with Crippen molar-refractivity contribution in [3.05, 3.63) is 70.4 Å². The minimum Gasteiger partial charge on any atom is -0.325 e. The van der Waals surface area contributed by atoms with Gasteiger partial charge in [0.05, 0.1) is 5.75 Å². The number of nitrogens with zero attached hydrogens (tertiary/aromatic N) is 3. The van der Waals surface area contributed by atoms with E-state index in [2.05, 4.69) is 89.6 Å². The van der Waals surface area contributed by atoms with Crippen molar-refractivity contribution in [2.24, 2.45) is 0 Å². The van der Waals surface area contributed by atoms with Crippen molar-refractivity contribution in [3.8, 4) is 22.5 Å². The Kier molecular flexibility index (Phi) is 7.30. The van der Waals surface area contributed by atoms with Crippen LogP contribution in [0.4, 0.5) is 5.69 Å². The average molecular weight is 477 g/mol. The normalized spacial score (nSPS) is 11.2. The number of carbonyl (C=O) groups excluding carboxylic acids is 1. The van der Waals surface area contributed by atoms with E-state index in [0.29, 0.717) is 5.92 Å². The van der Waals surface area contributed by atoms with Crippen LogP contribution in [0.2, 0.25) is 0 Å². The molecule has 33 heavy (non-hydrogen) atoms. The van der Waals surface area contributed by atoms with E-state index >= 15 is 0 Å². The lowest BCUT2D eigenvalue weighted by molar-refractivity contribution is -0.113. The Labute approximate surface area is 203 Å². The maximum absolute atomic E-state index is 12.5. The molecule has 170 valence electrons. The SMILES string of the molecule is CCn1c(SCC(=O)Nc2ccc(C(C)C)cc2)nnc1-c1csc(C)c1-c1ccccc1. The molecule has 7 heteroatoms. The maximum Gasteiger partial charge on any atom is 0.234 e. The fourth-order valence-electron chi connectivity index (χ4n) is 3.74. The van der Waals surface area contributed by atoms with Gasteiger partial charge in [0, 0.05) is 33.6 Å². The first-order valence-corrected chi connectivity index (χ1v) is 12.9. The summed E-state index contributed by atoms with van der Waals surface area (Å²) in [4.78, 5) is 13.8. The third-order valence-corrected chi connectivity index (χ3v) is 7.38. The van der Waals surface area contributed by atoms with Gasteiger partial charge in [-0.2, -0.15) is 0 Å². The summed E-state index contributed by atoms with van der Waals surface area (Å²) in [6.07, 6.45) is 0. The molecule has 0 fully saturated rings. The van der Waals surface area contributed by atoms with Crippen LogP contribution in [0.5, 0.6) is 0 Å². The van der Waals surface area contributed by atoms with Gasteiger partial charge in [-0.3, -0.25) is 4.79 Å². The van der Waals surface area contributed by atoms with Crippen LogP contribution in [0, 0.1) is 6.92 Å². The molecular weight excluding hydrogens is 448 g/mol. The van der Waals surface area contributed by atoms with E-state index in [-0.39, 0.29) is 11.7 Å². The smallest absolute Gasteiger partial charge is 0.234 e. The van der Waals surface area contributed by atoms with Gasteiger partial charge in [-0.15, -0.1) is 21.5 Å². The molecule has 0 radical (unpaired) electrons. The fraction of sp³-hybridized carbons (Fsp3) is 0.269. The molecule has 0 saturated carbocycles. The molecule has 0 saturated heterocycles. The van der Waals surface area contributed by atoms with Crippen LogP contribution < -0.4 is 5.32 Å². The molecular formula is C26H28N4OS2. The summed E-state index contributed by atoms with van der Waals surface area (Å²) in [5, 5.41) is 14.8. The maximum atomic E-state index is 12.5. The molecule has 5 nitrogen and oxygen atoms in total. The van der Waals surface area contributed by atoms with Crippen LogP contribution in [0.25, 0.3) is 22.5 Å². The zero-order valence-corrected chi connectivity index (χ0v) is 21.0. The van der Waals surface area contributed by atoms with E-state index in [1.54, 1.807) is 11.3 Å². The topological polar surface area (TPSA) is 59.8 Å². The highest BCUT2D eigenvalue weighted by Crippen LogP contribution is 2.39. The van der Waals surface area contributed by atoms with Gasteiger partial charge in [-0.25, -0.2) is 0 Å². The second-order valence-corrected chi connectivity index (χ2v) is 10.1. The summed E-state index contributed by atoms with van der Waals surface area (Å²) in [5.74, 6) is 1.53. The average Bonchev–Trinajstić information content (AvgIpc) is 3.41. The largest absolute Gasteiger partial charge is 0.325 e. The highest BCUT2D eigenvalue weighted by molar-refractivity contribution is 7.99. The van der Waals surface area contributed by atoms with E-state index in [1.165, 1.54) is 33.3 Å². The Morgan fingerprint density at radius 2 is 1.82 bits per heavy atom. The standard InChI is InChI=1S/C26H28N4OS2/c1-5-30-25(22-15-32-18(4)24(22)20-9-7-6-8-10-20)28-29-26(30)33-16-23(31)27-21-13-11-19(12-14-21)17(2)3/h6-15,17H,5,16H2,1-4H3,(H,27,31). The predicted octanol–water partition coefficient (Wildman–Crippen LogP) is 6.86. The molecule has 1 N–H and O–H groups in total. The van der Waals surface area contributed by atoms with Gasteiger partial charge < -0.3 is 9.88 Å². The Morgan fingerprint density at radius 1 is 1.09 bits per heavy atom. The molecule has 0 aliphatic heterocycles. The summed E-state index contributed by atoms with van der Waals surface area (Å²) in [7, 11) is 0. The molecule has 0 bridgehead atoms. The number of hydrogen-bond acceptors (Lipinski definition) is 5. The third-order valence-electron chi connectivity index (χ3n) is 5.50. The molecule has 0 spiro atoms. The quantitative estimate of drug-likeness (QED) is 0.282. The van der Waals surface area contributed by atoms with Crippen LogP contribution in [0.1, 0.15) is 37.1 Å². The Morgan fingerprint density at radius 3 is 2.48 bits per heavy atom. The monoisotopic (exact) mass is 476 g/mol. The lowest BCUT2D eigenvalue weighted by atomic mass is 10.0. The zero-order chi connectivity index (χ0) is 23.4. The Bertz CT molecular complexity index is 1230. The number of aryl methyl sites for hydroxylation is 1. The van der Waals surface area contributed by atoms with Crippen LogP contribution >= 0.6 is 23.1 Å². The van der Waals surface area contributed by atoms with Crippen molar-refractivity contribution in [2.75, 3.05) is 11.1 Å². The van der Waals surface area contributed by atoms with Crippen LogP contribution in [-0.2, 0) is 11.3 Å². The van der Waals surface area contributed by atoms with Gasteiger partial charge >= 0.3 is 0 Å². The summed E-state index contributed by atoms with van der Waals surface area (Å²) in [6.45, 7) is 9.25. The number of rotatable bonds is 8. The van der Waals surface area contributed by atoms with E-state index in [0.717, 1.165) is 28.8 Å². The number of anilines is 1. The second-order valence-electron chi connectivity index (χ2n) is 8.11. The van der Waals surface area contributed by atoms with E-state index in [9.17, 15) is 4.79 Å². The molecule has 2 aromatic heterocycles. The summed E-state index contributed by atoms with van der Waals surface area (Å²) < 4.78 is 2.09. The molecule has 2 heterocycles. The number of nitrogens with one attached hydrogen (secondary N) is 1. The van der Waals surface area contributed by atoms with Crippen molar-refractivity contribution in [1.82, 2.24) is 14.8 Å². The molecule has 0 atom stereocenters. The zero-order valence-electron chi connectivity index (χ0n) is 19.3. The molecule has 2 aromatic carbocycles. The number of amides is 1. The van der Waals surface area contributed by atoms with Gasteiger partial charge in [0.15, 0.2) is 11.0 Å². The summed E-state index contributed by atoms with van der Waals surface area (Å²) in [6, 6.07) is 18.4. The number of thiophene rings is 1. The number of carbonyl (C=O) groups is 1. The van der Waals surface area contributed by atoms with Crippen molar-refractivity contribution in [3.63, 3.8) is 0 Å². The van der Waals surface area contributed by atoms with Gasteiger partial charge in [0.1, 0.15) is 0 Å². The first kappa shape index (κ1) is 23.3. The van der Waals surface area contributed by atoms with Crippen LogP contribution in [0.15, 0.2) is 65.1 Å². The Balaban J connectivity index is 1.49. The number of benzene rings is 2. The summed E-state index contributed by atoms with van der Waals surface area (Å²) in [5.41, 5.74) is 5.52. The van der Waals surface area contributed by atoms with Gasteiger partial charge in [0.25, 0.3) is 0 Å². The molecule has 0 aliphatic rings. The van der Waals surface area contributed by atoms with Crippen molar-refractivity contribution >= 4 is 34.7 Å². The van der Waals surface area contributed by atoms with E-state index < -0.39 is 0 Å². The first-order chi connectivity index (χ1) is 16.0. The minimum absolute atomic E-state index is 0.0548.